The minimum atomic E-state index is -1.16. The summed E-state index contributed by atoms with van der Waals surface area (Å²) in [6.07, 6.45) is 0. The second-order valence-electron chi connectivity index (χ2n) is 4.08. The molecule has 1 N–H and O–H groups in total. The van der Waals surface area contributed by atoms with Crippen molar-refractivity contribution < 1.29 is 19.0 Å². The number of carboxylic acids is 1. The second-order valence-corrected chi connectivity index (χ2v) is 4.08. The Morgan fingerprint density at radius 2 is 2.16 bits per heavy atom. The van der Waals surface area contributed by atoms with Crippen molar-refractivity contribution in [2.45, 2.75) is 6.92 Å². The molecular formula is C13H13FN2O3. The van der Waals surface area contributed by atoms with E-state index in [1.807, 2.05) is 0 Å². The average Bonchev–Trinajstić information content (AvgIpc) is 2.66. The number of benzene rings is 1. The van der Waals surface area contributed by atoms with E-state index < -0.39 is 11.8 Å². The third-order valence-electron chi connectivity index (χ3n) is 2.97. The summed E-state index contributed by atoms with van der Waals surface area (Å²) in [6.45, 7) is 1.72. The van der Waals surface area contributed by atoms with E-state index in [0.717, 1.165) is 0 Å². The minimum Gasteiger partial charge on any atom is -0.496 e. The summed E-state index contributed by atoms with van der Waals surface area (Å²) < 4.78 is 20.0. The van der Waals surface area contributed by atoms with Crippen molar-refractivity contribution in [3.05, 3.63) is 35.4 Å². The third-order valence-corrected chi connectivity index (χ3v) is 2.97. The third kappa shape index (κ3) is 2.16. The van der Waals surface area contributed by atoms with Gasteiger partial charge in [0.1, 0.15) is 11.6 Å². The number of halogens is 1. The molecule has 1 aromatic carbocycles. The van der Waals surface area contributed by atoms with Gasteiger partial charge in [-0.25, -0.2) is 9.18 Å². The van der Waals surface area contributed by atoms with Crippen LogP contribution in [0, 0.1) is 12.7 Å². The lowest BCUT2D eigenvalue weighted by molar-refractivity contribution is 0.0690. The van der Waals surface area contributed by atoms with Crippen LogP contribution in [0.4, 0.5) is 4.39 Å². The van der Waals surface area contributed by atoms with Crippen LogP contribution >= 0.6 is 0 Å². The highest BCUT2D eigenvalue weighted by Gasteiger charge is 2.23. The van der Waals surface area contributed by atoms with Crippen molar-refractivity contribution in [1.82, 2.24) is 9.78 Å². The number of ether oxygens (including phenoxy) is 1. The van der Waals surface area contributed by atoms with E-state index >= 15 is 0 Å². The Morgan fingerprint density at radius 3 is 2.74 bits per heavy atom. The molecule has 2 aromatic rings. The van der Waals surface area contributed by atoms with Gasteiger partial charge in [0.25, 0.3) is 0 Å². The van der Waals surface area contributed by atoms with E-state index in [0.29, 0.717) is 22.6 Å². The molecule has 0 aliphatic heterocycles. The maximum absolute atomic E-state index is 13.4. The molecule has 0 unspecified atom stereocenters. The predicted octanol–water partition coefficient (Wildman–Crippen LogP) is 2.24. The first kappa shape index (κ1) is 13.1. The van der Waals surface area contributed by atoms with Gasteiger partial charge in [0.2, 0.25) is 0 Å². The van der Waals surface area contributed by atoms with Crippen molar-refractivity contribution in [3.63, 3.8) is 0 Å². The molecule has 1 heterocycles. The first-order valence-electron chi connectivity index (χ1n) is 5.56. The quantitative estimate of drug-likeness (QED) is 0.923. The van der Waals surface area contributed by atoms with Crippen LogP contribution in [0.25, 0.3) is 11.1 Å². The van der Waals surface area contributed by atoms with E-state index in [2.05, 4.69) is 5.10 Å². The van der Waals surface area contributed by atoms with Gasteiger partial charge in [-0.3, -0.25) is 4.68 Å². The van der Waals surface area contributed by atoms with Gasteiger partial charge in [-0.15, -0.1) is 0 Å². The molecule has 0 atom stereocenters. The smallest absolute Gasteiger partial charge is 0.357 e. The van der Waals surface area contributed by atoms with Gasteiger partial charge in [-0.05, 0) is 25.1 Å². The van der Waals surface area contributed by atoms with Crippen LogP contribution in [0.3, 0.4) is 0 Å². The summed E-state index contributed by atoms with van der Waals surface area (Å²) in [5.74, 6) is -1.22. The molecule has 0 aliphatic rings. The molecule has 6 heteroatoms. The number of hydrogen-bond donors (Lipinski definition) is 1. The first-order valence-corrected chi connectivity index (χ1v) is 5.56. The molecule has 0 aliphatic carbocycles. The van der Waals surface area contributed by atoms with Crippen molar-refractivity contribution >= 4 is 5.97 Å². The summed E-state index contributed by atoms with van der Waals surface area (Å²) in [5, 5.41) is 13.1. The number of methoxy groups -OCH3 is 1. The van der Waals surface area contributed by atoms with Gasteiger partial charge < -0.3 is 9.84 Å². The van der Waals surface area contributed by atoms with E-state index in [4.69, 9.17) is 4.74 Å². The van der Waals surface area contributed by atoms with Crippen LogP contribution in [0.5, 0.6) is 5.75 Å². The lowest BCUT2D eigenvalue weighted by Gasteiger charge is -2.09. The monoisotopic (exact) mass is 264 g/mol. The summed E-state index contributed by atoms with van der Waals surface area (Å²) >= 11 is 0. The molecule has 0 amide bonds. The Labute approximate surface area is 109 Å². The second kappa shape index (κ2) is 4.72. The largest absolute Gasteiger partial charge is 0.496 e. The normalized spacial score (nSPS) is 10.5. The fourth-order valence-corrected chi connectivity index (χ4v) is 1.96. The van der Waals surface area contributed by atoms with E-state index in [1.54, 1.807) is 14.0 Å². The summed E-state index contributed by atoms with van der Waals surface area (Å²) in [4.78, 5) is 11.2. The van der Waals surface area contributed by atoms with E-state index in [-0.39, 0.29) is 5.69 Å². The molecular weight excluding hydrogens is 251 g/mol. The Kier molecular flexibility index (Phi) is 3.25. The molecule has 1 aromatic heterocycles. The van der Waals surface area contributed by atoms with Gasteiger partial charge in [0, 0.05) is 23.9 Å². The SMILES string of the molecule is COc1ccc(F)cc1-c1c(C(=O)O)nn(C)c1C. The van der Waals surface area contributed by atoms with Crippen molar-refractivity contribution in [2.75, 3.05) is 7.11 Å². The number of aromatic nitrogens is 2. The van der Waals surface area contributed by atoms with Crippen LogP contribution in [0.1, 0.15) is 16.2 Å². The number of aromatic carboxylic acids is 1. The van der Waals surface area contributed by atoms with Gasteiger partial charge in [0.15, 0.2) is 5.69 Å². The van der Waals surface area contributed by atoms with Crippen LogP contribution in [-0.2, 0) is 7.05 Å². The van der Waals surface area contributed by atoms with Crippen LogP contribution in [0.15, 0.2) is 18.2 Å². The highest BCUT2D eigenvalue weighted by molar-refractivity contribution is 5.95. The number of aryl methyl sites for hydroxylation is 1. The molecule has 0 saturated carbocycles. The molecule has 0 radical (unpaired) electrons. The molecule has 19 heavy (non-hydrogen) atoms. The predicted molar refractivity (Wildman–Crippen MR) is 66.9 cm³/mol. The lowest BCUT2D eigenvalue weighted by atomic mass is 10.0. The maximum Gasteiger partial charge on any atom is 0.357 e. The summed E-state index contributed by atoms with van der Waals surface area (Å²) in [5.41, 5.74) is 1.25. The van der Waals surface area contributed by atoms with Crippen LogP contribution in [0.2, 0.25) is 0 Å². The minimum absolute atomic E-state index is 0.121. The fraction of sp³-hybridized carbons (Fsp3) is 0.231. The summed E-state index contributed by atoms with van der Waals surface area (Å²) in [7, 11) is 3.08. The number of rotatable bonds is 3. The Balaban J connectivity index is 2.78. The Bertz CT molecular complexity index is 650. The highest BCUT2D eigenvalue weighted by atomic mass is 19.1. The molecule has 5 nitrogen and oxygen atoms in total. The number of nitrogens with zero attached hydrogens (tertiary/aromatic N) is 2. The van der Waals surface area contributed by atoms with Crippen LogP contribution < -0.4 is 4.74 Å². The van der Waals surface area contributed by atoms with Crippen LogP contribution in [-0.4, -0.2) is 28.0 Å². The average molecular weight is 264 g/mol. The van der Waals surface area contributed by atoms with Gasteiger partial charge in [0.05, 0.1) is 7.11 Å². The molecule has 100 valence electrons. The van der Waals surface area contributed by atoms with Gasteiger partial charge in [-0.2, -0.15) is 5.10 Å². The Morgan fingerprint density at radius 1 is 1.47 bits per heavy atom. The highest BCUT2D eigenvalue weighted by Crippen LogP contribution is 2.35. The fourth-order valence-electron chi connectivity index (χ4n) is 1.96. The number of carboxylic acid groups (broad SMARTS) is 1. The molecule has 0 spiro atoms. The number of hydrogen-bond acceptors (Lipinski definition) is 3. The summed E-state index contributed by atoms with van der Waals surface area (Å²) in [6, 6.07) is 3.96. The Hall–Kier alpha value is -2.37. The maximum atomic E-state index is 13.4. The molecule has 0 saturated heterocycles. The van der Waals surface area contributed by atoms with Gasteiger partial charge >= 0.3 is 5.97 Å². The van der Waals surface area contributed by atoms with Gasteiger partial charge in [-0.1, -0.05) is 0 Å². The number of carbonyl (C=O) groups is 1. The standard InChI is InChI=1S/C13H13FN2O3/c1-7-11(12(13(17)18)15-16(7)2)9-6-8(14)4-5-10(9)19-3/h4-6H,1-3H3,(H,17,18). The molecule has 0 fully saturated rings. The zero-order valence-electron chi connectivity index (χ0n) is 10.8. The van der Waals surface area contributed by atoms with Crippen molar-refractivity contribution in [1.29, 1.82) is 0 Å². The van der Waals surface area contributed by atoms with Crippen molar-refractivity contribution in [3.8, 4) is 16.9 Å². The zero-order chi connectivity index (χ0) is 14.2. The first-order chi connectivity index (χ1) is 8.95. The van der Waals surface area contributed by atoms with E-state index in [1.165, 1.54) is 30.0 Å². The van der Waals surface area contributed by atoms with Crippen molar-refractivity contribution in [2.24, 2.45) is 7.05 Å². The van der Waals surface area contributed by atoms with E-state index in [9.17, 15) is 14.3 Å². The topological polar surface area (TPSA) is 64.3 Å². The molecule has 0 bridgehead atoms. The lowest BCUT2D eigenvalue weighted by Crippen LogP contribution is -2.01. The zero-order valence-corrected chi connectivity index (χ0v) is 10.8. The molecule has 2 rings (SSSR count).